The summed E-state index contributed by atoms with van der Waals surface area (Å²) in [6, 6.07) is 15.2. The van der Waals surface area contributed by atoms with E-state index in [-0.39, 0.29) is 10.8 Å². The smallest absolute Gasteiger partial charge is 0.225 e. The highest BCUT2D eigenvalue weighted by atomic mass is 32.2. The van der Waals surface area contributed by atoms with E-state index in [1.807, 2.05) is 24.3 Å². The molecule has 98 valence electrons. The zero-order valence-corrected chi connectivity index (χ0v) is 11.2. The van der Waals surface area contributed by atoms with Crippen LogP contribution in [0.5, 0.6) is 0 Å². The van der Waals surface area contributed by atoms with Crippen molar-refractivity contribution in [2.45, 2.75) is 23.7 Å². The van der Waals surface area contributed by atoms with E-state index in [4.69, 9.17) is 5.14 Å². The molecule has 0 saturated heterocycles. The van der Waals surface area contributed by atoms with Gasteiger partial charge in [0.2, 0.25) is 10.0 Å². The summed E-state index contributed by atoms with van der Waals surface area (Å²) in [6.45, 7) is 0. The number of benzene rings is 2. The minimum Gasteiger partial charge on any atom is -0.225 e. The number of hydrogen-bond donors (Lipinski definition) is 1. The summed E-state index contributed by atoms with van der Waals surface area (Å²) in [5.41, 5.74) is 3.34. The van der Waals surface area contributed by atoms with E-state index in [2.05, 4.69) is 12.1 Å². The van der Waals surface area contributed by atoms with Gasteiger partial charge in [0.15, 0.2) is 0 Å². The van der Waals surface area contributed by atoms with Gasteiger partial charge in [0.1, 0.15) is 0 Å². The molecule has 1 unspecified atom stereocenters. The lowest BCUT2D eigenvalue weighted by Crippen LogP contribution is -2.15. The van der Waals surface area contributed by atoms with Gasteiger partial charge in [-0.3, -0.25) is 0 Å². The number of primary sulfonamides is 1. The van der Waals surface area contributed by atoms with Crippen LogP contribution in [0.15, 0.2) is 53.4 Å². The molecule has 2 aromatic rings. The van der Waals surface area contributed by atoms with Crippen LogP contribution >= 0.6 is 0 Å². The molecule has 0 radical (unpaired) electrons. The molecule has 0 spiro atoms. The van der Waals surface area contributed by atoms with Crippen molar-refractivity contribution in [3.8, 4) is 0 Å². The third-order valence-corrected chi connectivity index (χ3v) is 4.72. The van der Waals surface area contributed by atoms with E-state index in [1.54, 1.807) is 12.1 Å². The highest BCUT2D eigenvalue weighted by Gasteiger charge is 2.27. The summed E-state index contributed by atoms with van der Waals surface area (Å²) in [6.07, 6.45) is 1.92. The first-order valence-corrected chi connectivity index (χ1v) is 7.81. The zero-order valence-electron chi connectivity index (χ0n) is 10.4. The average molecular weight is 273 g/mol. The van der Waals surface area contributed by atoms with Gasteiger partial charge in [-0.25, -0.2) is 13.6 Å². The minimum absolute atomic E-state index is 0.130. The van der Waals surface area contributed by atoms with Crippen molar-refractivity contribution in [2.75, 3.05) is 0 Å². The number of aryl methyl sites for hydroxylation is 1. The van der Waals surface area contributed by atoms with Gasteiger partial charge in [-0.05, 0) is 35.6 Å². The third-order valence-electron chi connectivity index (χ3n) is 3.73. The maximum atomic E-state index is 11.7. The summed E-state index contributed by atoms with van der Waals surface area (Å²) < 4.78 is 23.4. The van der Waals surface area contributed by atoms with Crippen molar-refractivity contribution in [3.63, 3.8) is 0 Å². The molecule has 0 aromatic heterocycles. The Kier molecular flexibility index (Phi) is 2.92. The second kappa shape index (κ2) is 4.47. The molecule has 3 rings (SSSR count). The number of sulfonamides is 1. The molecule has 0 fully saturated rings. The Morgan fingerprint density at radius 1 is 0.947 bits per heavy atom. The van der Waals surface area contributed by atoms with Crippen molar-refractivity contribution in [3.05, 3.63) is 65.2 Å². The van der Waals surface area contributed by atoms with Gasteiger partial charge in [-0.15, -0.1) is 0 Å². The van der Waals surface area contributed by atoms with Gasteiger partial charge >= 0.3 is 0 Å². The molecule has 0 aliphatic heterocycles. The van der Waals surface area contributed by atoms with Gasteiger partial charge in [0.25, 0.3) is 0 Å². The Balaban J connectivity index is 2.16. The lowest BCUT2D eigenvalue weighted by molar-refractivity contribution is 0.595. The molecule has 1 atom stereocenters. The first kappa shape index (κ1) is 12.4. The van der Waals surface area contributed by atoms with Crippen molar-refractivity contribution in [1.29, 1.82) is 0 Å². The summed E-state index contributed by atoms with van der Waals surface area (Å²) in [5.74, 6) is 0.130. The maximum Gasteiger partial charge on any atom is 0.238 e. The molecule has 2 N–H and O–H groups in total. The van der Waals surface area contributed by atoms with Gasteiger partial charge in [-0.1, -0.05) is 42.5 Å². The first-order chi connectivity index (χ1) is 9.07. The minimum atomic E-state index is -3.67. The Hall–Kier alpha value is -1.65. The average Bonchev–Trinajstić information content (AvgIpc) is 2.81. The summed E-state index contributed by atoms with van der Waals surface area (Å²) >= 11 is 0. The monoisotopic (exact) mass is 273 g/mol. The number of fused-ring (bicyclic) bond motifs is 1. The molecule has 4 heteroatoms. The number of hydrogen-bond acceptors (Lipinski definition) is 2. The highest BCUT2D eigenvalue weighted by Crippen LogP contribution is 2.39. The molecule has 0 saturated carbocycles. The van der Waals surface area contributed by atoms with Crippen LogP contribution in [-0.4, -0.2) is 8.42 Å². The lowest BCUT2D eigenvalue weighted by Gasteiger charge is -2.15. The predicted octanol–water partition coefficient (Wildman–Crippen LogP) is 2.41. The standard InChI is InChI=1S/C15H15NO2S/c16-19(17,18)15-8-4-3-7-14(15)13-10-9-11-5-1-2-6-12(11)13/h1-8,13H,9-10H2,(H2,16,17,18). The van der Waals surface area contributed by atoms with Gasteiger partial charge in [-0.2, -0.15) is 0 Å². The second-order valence-electron chi connectivity index (χ2n) is 4.87. The van der Waals surface area contributed by atoms with Crippen molar-refractivity contribution in [1.82, 2.24) is 0 Å². The summed E-state index contributed by atoms with van der Waals surface area (Å²) in [4.78, 5) is 0.247. The van der Waals surface area contributed by atoms with E-state index in [0.29, 0.717) is 0 Å². The fourth-order valence-corrected chi connectivity index (χ4v) is 3.71. The van der Waals surface area contributed by atoms with Crippen LogP contribution in [0.25, 0.3) is 0 Å². The Bertz CT molecular complexity index is 722. The third kappa shape index (κ3) is 2.17. The van der Waals surface area contributed by atoms with Crippen molar-refractivity contribution < 1.29 is 8.42 Å². The van der Waals surface area contributed by atoms with E-state index in [9.17, 15) is 8.42 Å². The topological polar surface area (TPSA) is 60.2 Å². The molecule has 0 heterocycles. The Morgan fingerprint density at radius 2 is 1.58 bits per heavy atom. The van der Waals surface area contributed by atoms with Gasteiger partial charge < -0.3 is 0 Å². The normalized spacial score (nSPS) is 18.3. The van der Waals surface area contributed by atoms with Crippen LogP contribution in [0, 0.1) is 0 Å². The molecule has 1 aliphatic carbocycles. The molecule has 2 aromatic carbocycles. The van der Waals surface area contributed by atoms with Crippen LogP contribution in [0.3, 0.4) is 0 Å². The SMILES string of the molecule is NS(=O)(=O)c1ccccc1C1CCc2ccccc21. The van der Waals surface area contributed by atoms with Gasteiger partial charge in [0, 0.05) is 5.92 Å². The van der Waals surface area contributed by atoms with Crippen LogP contribution in [0.1, 0.15) is 29.0 Å². The van der Waals surface area contributed by atoms with Crippen LogP contribution in [0.2, 0.25) is 0 Å². The van der Waals surface area contributed by atoms with Gasteiger partial charge in [0.05, 0.1) is 4.90 Å². The van der Waals surface area contributed by atoms with Crippen LogP contribution in [0.4, 0.5) is 0 Å². The maximum absolute atomic E-state index is 11.7. The van der Waals surface area contributed by atoms with Crippen molar-refractivity contribution >= 4 is 10.0 Å². The van der Waals surface area contributed by atoms with E-state index in [0.717, 1.165) is 18.4 Å². The Labute approximate surface area is 113 Å². The fraction of sp³-hybridized carbons (Fsp3) is 0.200. The quantitative estimate of drug-likeness (QED) is 0.913. The summed E-state index contributed by atoms with van der Waals surface area (Å²) in [7, 11) is -3.67. The van der Waals surface area contributed by atoms with Crippen LogP contribution in [-0.2, 0) is 16.4 Å². The largest absolute Gasteiger partial charge is 0.238 e. The van der Waals surface area contributed by atoms with E-state index in [1.165, 1.54) is 11.1 Å². The molecule has 1 aliphatic rings. The molecular formula is C15H15NO2S. The fourth-order valence-electron chi connectivity index (χ4n) is 2.91. The number of rotatable bonds is 2. The van der Waals surface area contributed by atoms with E-state index < -0.39 is 10.0 Å². The lowest BCUT2D eigenvalue weighted by atomic mass is 9.93. The highest BCUT2D eigenvalue weighted by molar-refractivity contribution is 7.89. The summed E-state index contributed by atoms with van der Waals surface area (Å²) in [5, 5.41) is 5.32. The first-order valence-electron chi connectivity index (χ1n) is 6.27. The van der Waals surface area contributed by atoms with Crippen LogP contribution < -0.4 is 5.14 Å². The second-order valence-corrected chi connectivity index (χ2v) is 6.40. The molecule has 0 amide bonds. The zero-order chi connectivity index (χ0) is 13.5. The molecule has 3 nitrogen and oxygen atoms in total. The predicted molar refractivity (Wildman–Crippen MR) is 74.4 cm³/mol. The Morgan fingerprint density at radius 3 is 2.32 bits per heavy atom. The molecule has 19 heavy (non-hydrogen) atoms. The molecular weight excluding hydrogens is 258 g/mol. The van der Waals surface area contributed by atoms with Crippen molar-refractivity contribution in [2.24, 2.45) is 5.14 Å². The number of nitrogens with two attached hydrogens (primary N) is 1. The van der Waals surface area contributed by atoms with E-state index >= 15 is 0 Å². The molecule has 0 bridgehead atoms.